The number of rotatable bonds is 2. The highest BCUT2D eigenvalue weighted by molar-refractivity contribution is 6.36. The fourth-order valence-corrected chi connectivity index (χ4v) is 1.51. The van der Waals surface area contributed by atoms with Crippen molar-refractivity contribution in [3.05, 3.63) is 48.0 Å². The van der Waals surface area contributed by atoms with Gasteiger partial charge in [-0.2, -0.15) is 0 Å². The minimum Gasteiger partial charge on any atom is -0.399 e. The Morgan fingerprint density at radius 3 is 2.19 bits per heavy atom. The molecule has 0 aliphatic rings. The van der Waals surface area contributed by atoms with E-state index in [0.29, 0.717) is 16.7 Å². The van der Waals surface area contributed by atoms with Crippen molar-refractivity contribution in [1.29, 1.82) is 0 Å². The molecule has 0 atom stereocenters. The van der Waals surface area contributed by atoms with Crippen LogP contribution in [0.15, 0.2) is 42.5 Å². The van der Waals surface area contributed by atoms with Crippen molar-refractivity contribution in [3.63, 3.8) is 0 Å². The maximum atomic E-state index is 10.5. The summed E-state index contributed by atoms with van der Waals surface area (Å²) in [6.45, 7) is 0. The van der Waals surface area contributed by atoms with E-state index in [2.05, 4.69) is 0 Å². The van der Waals surface area contributed by atoms with Gasteiger partial charge in [0, 0.05) is 11.3 Å². The molecule has 0 unspecified atom stereocenters. The molecule has 0 aliphatic carbocycles. The molecule has 2 N–H and O–H groups in total. The van der Waals surface area contributed by atoms with Crippen LogP contribution < -0.4 is 11.2 Å². The molecule has 2 radical (unpaired) electrons. The van der Waals surface area contributed by atoms with Gasteiger partial charge in [-0.15, -0.1) is 0 Å². The Balaban J connectivity index is 2.42. The first-order valence-corrected chi connectivity index (χ1v) is 4.91. The summed E-state index contributed by atoms with van der Waals surface area (Å²) in [6, 6.07) is 12.8. The van der Waals surface area contributed by atoms with Crippen molar-refractivity contribution in [2.24, 2.45) is 0 Å². The molecule has 0 bridgehead atoms. The average Bonchev–Trinajstić information content (AvgIpc) is 2.33. The van der Waals surface area contributed by atoms with E-state index in [0.717, 1.165) is 17.4 Å². The summed E-state index contributed by atoms with van der Waals surface area (Å²) in [6.07, 6.45) is 0.821. The Morgan fingerprint density at radius 2 is 1.62 bits per heavy atom. The van der Waals surface area contributed by atoms with Gasteiger partial charge in [0.05, 0.1) is 0 Å². The molecule has 0 amide bonds. The van der Waals surface area contributed by atoms with Crippen LogP contribution in [0.1, 0.15) is 10.4 Å². The summed E-state index contributed by atoms with van der Waals surface area (Å²) >= 11 is 0. The lowest BCUT2D eigenvalue weighted by Crippen LogP contribution is -2.09. The molecule has 2 nitrogen and oxygen atoms in total. The zero-order chi connectivity index (χ0) is 11.5. The SMILES string of the molecule is [B]c1cc(-c2ccc(C=O)cc2)ccc1N. The van der Waals surface area contributed by atoms with Gasteiger partial charge in [-0.3, -0.25) is 4.79 Å². The Labute approximate surface area is 95.5 Å². The molecular formula is C13H10BNO. The molecule has 0 aliphatic heterocycles. The van der Waals surface area contributed by atoms with E-state index in [-0.39, 0.29) is 0 Å². The molecular weight excluding hydrogens is 197 g/mol. The standard InChI is InChI=1S/C13H10BNO/c14-12-7-11(5-6-13(12)15)10-3-1-9(8-16)2-4-10/h1-8H,15H2. The molecule has 2 rings (SSSR count). The summed E-state index contributed by atoms with van der Waals surface area (Å²) < 4.78 is 0. The van der Waals surface area contributed by atoms with Gasteiger partial charge in [0.1, 0.15) is 14.1 Å². The number of hydrogen-bond donors (Lipinski definition) is 1. The highest BCUT2D eigenvalue weighted by atomic mass is 16.1. The maximum absolute atomic E-state index is 10.5. The maximum Gasteiger partial charge on any atom is 0.150 e. The van der Waals surface area contributed by atoms with Gasteiger partial charge in [-0.1, -0.05) is 41.9 Å². The molecule has 3 heteroatoms. The number of anilines is 1. The zero-order valence-corrected chi connectivity index (χ0v) is 8.68. The van der Waals surface area contributed by atoms with Crippen LogP contribution in [-0.2, 0) is 0 Å². The van der Waals surface area contributed by atoms with Crippen molar-refractivity contribution in [2.45, 2.75) is 0 Å². The Hall–Kier alpha value is -2.03. The number of aldehydes is 1. The van der Waals surface area contributed by atoms with Gasteiger partial charge in [-0.25, -0.2) is 0 Å². The van der Waals surface area contributed by atoms with Crippen LogP contribution in [0.4, 0.5) is 5.69 Å². The summed E-state index contributed by atoms with van der Waals surface area (Å²) in [5.41, 5.74) is 9.45. The van der Waals surface area contributed by atoms with E-state index >= 15 is 0 Å². The lowest BCUT2D eigenvalue weighted by atomic mass is 9.90. The van der Waals surface area contributed by atoms with Crippen molar-refractivity contribution in [3.8, 4) is 11.1 Å². The number of nitrogens with two attached hydrogens (primary N) is 1. The minimum atomic E-state index is 0.567. The van der Waals surface area contributed by atoms with E-state index in [1.165, 1.54) is 0 Å². The van der Waals surface area contributed by atoms with Crippen molar-refractivity contribution < 1.29 is 4.79 Å². The summed E-state index contributed by atoms with van der Waals surface area (Å²) in [4.78, 5) is 10.5. The Morgan fingerprint density at radius 1 is 1.00 bits per heavy atom. The number of nitrogen functional groups attached to an aromatic ring is 1. The van der Waals surface area contributed by atoms with Crippen LogP contribution in [-0.4, -0.2) is 14.1 Å². The van der Waals surface area contributed by atoms with Crippen LogP contribution >= 0.6 is 0 Å². The smallest absolute Gasteiger partial charge is 0.150 e. The first-order valence-electron chi connectivity index (χ1n) is 4.91. The zero-order valence-electron chi connectivity index (χ0n) is 8.68. The topological polar surface area (TPSA) is 43.1 Å². The average molecular weight is 207 g/mol. The molecule has 0 aromatic heterocycles. The summed E-state index contributed by atoms with van der Waals surface area (Å²) in [7, 11) is 5.73. The highest BCUT2D eigenvalue weighted by Gasteiger charge is 1.99. The van der Waals surface area contributed by atoms with E-state index in [9.17, 15) is 4.79 Å². The number of hydrogen-bond acceptors (Lipinski definition) is 2. The third kappa shape index (κ3) is 1.98. The van der Waals surface area contributed by atoms with Gasteiger partial charge >= 0.3 is 0 Å². The highest BCUT2D eigenvalue weighted by Crippen LogP contribution is 2.19. The van der Waals surface area contributed by atoms with Crippen molar-refractivity contribution in [2.75, 3.05) is 5.73 Å². The Bertz CT molecular complexity index is 520. The molecule has 16 heavy (non-hydrogen) atoms. The van der Waals surface area contributed by atoms with Gasteiger partial charge in [0.15, 0.2) is 0 Å². The van der Waals surface area contributed by atoms with E-state index < -0.39 is 0 Å². The van der Waals surface area contributed by atoms with Crippen molar-refractivity contribution >= 4 is 25.3 Å². The van der Waals surface area contributed by atoms with Gasteiger partial charge in [-0.05, 0) is 17.2 Å². The molecule has 0 saturated heterocycles. The van der Waals surface area contributed by atoms with E-state index in [1.807, 2.05) is 24.3 Å². The molecule has 2 aromatic carbocycles. The number of carbonyl (C=O) groups excluding carboxylic acids is 1. The number of carbonyl (C=O) groups is 1. The van der Waals surface area contributed by atoms with Crippen LogP contribution in [0.25, 0.3) is 11.1 Å². The molecule has 76 valence electrons. The van der Waals surface area contributed by atoms with Crippen LogP contribution in [0.3, 0.4) is 0 Å². The predicted molar refractivity (Wildman–Crippen MR) is 67.1 cm³/mol. The Kier molecular flexibility index (Phi) is 2.77. The normalized spacial score (nSPS) is 10.0. The third-order valence-corrected chi connectivity index (χ3v) is 2.47. The second-order valence-corrected chi connectivity index (χ2v) is 3.58. The van der Waals surface area contributed by atoms with Crippen molar-refractivity contribution in [1.82, 2.24) is 0 Å². The third-order valence-electron chi connectivity index (χ3n) is 2.47. The minimum absolute atomic E-state index is 0.567. The fraction of sp³-hybridized carbons (Fsp3) is 0. The molecule has 2 aromatic rings. The lowest BCUT2D eigenvalue weighted by Gasteiger charge is -2.05. The van der Waals surface area contributed by atoms with Crippen LogP contribution in [0.5, 0.6) is 0 Å². The van der Waals surface area contributed by atoms with Crippen LogP contribution in [0.2, 0.25) is 0 Å². The quantitative estimate of drug-likeness (QED) is 0.461. The number of benzene rings is 2. The van der Waals surface area contributed by atoms with E-state index in [1.54, 1.807) is 18.2 Å². The molecule has 0 spiro atoms. The van der Waals surface area contributed by atoms with Gasteiger partial charge in [0.25, 0.3) is 0 Å². The fourth-order valence-electron chi connectivity index (χ4n) is 1.51. The van der Waals surface area contributed by atoms with Gasteiger partial charge < -0.3 is 5.73 Å². The second-order valence-electron chi connectivity index (χ2n) is 3.58. The lowest BCUT2D eigenvalue weighted by molar-refractivity contribution is 0.112. The summed E-state index contributed by atoms with van der Waals surface area (Å²) in [5, 5.41) is 0. The first kappa shape index (κ1) is 10.5. The first-order chi connectivity index (χ1) is 7.70. The van der Waals surface area contributed by atoms with Crippen LogP contribution in [0, 0.1) is 0 Å². The van der Waals surface area contributed by atoms with E-state index in [4.69, 9.17) is 13.6 Å². The molecule has 0 saturated carbocycles. The molecule has 0 fully saturated rings. The largest absolute Gasteiger partial charge is 0.399 e. The van der Waals surface area contributed by atoms with Gasteiger partial charge in [0.2, 0.25) is 0 Å². The summed E-state index contributed by atoms with van der Waals surface area (Å²) in [5.74, 6) is 0. The second kappa shape index (κ2) is 4.23. The predicted octanol–water partition coefficient (Wildman–Crippen LogP) is 1.54. The monoisotopic (exact) mass is 207 g/mol. The molecule has 0 heterocycles.